The molecule has 23 heavy (non-hydrogen) atoms. The molecule has 3 heteroatoms. The molecule has 122 valence electrons. The summed E-state index contributed by atoms with van der Waals surface area (Å²) >= 11 is 0. The Bertz CT molecular complexity index is 527. The zero-order chi connectivity index (χ0) is 15.9. The molecular weight excluding hydrogens is 286 g/mol. The number of hydrogen-bond donors (Lipinski definition) is 0. The summed E-state index contributed by atoms with van der Waals surface area (Å²) in [5.74, 6) is 0. The van der Waals surface area contributed by atoms with Crippen LogP contribution < -0.4 is 0 Å². The van der Waals surface area contributed by atoms with Gasteiger partial charge in [0.2, 0.25) is 0 Å². The Labute approximate surface area is 138 Å². The predicted octanol–water partition coefficient (Wildman–Crippen LogP) is 3.51. The summed E-state index contributed by atoms with van der Waals surface area (Å²) in [6.45, 7) is 3.53. The molecule has 0 unspecified atom stereocenters. The van der Waals surface area contributed by atoms with E-state index in [-0.39, 0.29) is 0 Å². The molecule has 1 aliphatic rings. The zero-order valence-electron chi connectivity index (χ0n) is 13.7. The maximum atomic E-state index is 5.91. The highest BCUT2D eigenvalue weighted by atomic mass is 16.5. The maximum absolute atomic E-state index is 5.91. The molecule has 0 bridgehead atoms. The van der Waals surface area contributed by atoms with E-state index in [1.807, 2.05) is 0 Å². The van der Waals surface area contributed by atoms with Crippen LogP contribution in [0.1, 0.15) is 23.6 Å². The molecule has 0 radical (unpaired) electrons. The minimum atomic E-state index is 0.316. The summed E-state index contributed by atoms with van der Waals surface area (Å²) in [7, 11) is 1.73. The Morgan fingerprint density at radius 2 is 1.48 bits per heavy atom. The second kappa shape index (κ2) is 8.25. The van der Waals surface area contributed by atoms with Crippen LogP contribution >= 0.6 is 0 Å². The number of ether oxygens (including phenoxy) is 2. The predicted molar refractivity (Wildman–Crippen MR) is 92.5 cm³/mol. The average molecular weight is 311 g/mol. The van der Waals surface area contributed by atoms with Crippen LogP contribution in [0, 0.1) is 0 Å². The molecule has 0 amide bonds. The highest BCUT2D eigenvalue weighted by Gasteiger charge is 2.34. The molecule has 0 aliphatic carbocycles. The second-order valence-electron chi connectivity index (χ2n) is 6.02. The molecule has 0 spiro atoms. The first-order valence-corrected chi connectivity index (χ1v) is 8.33. The molecule has 0 saturated carbocycles. The lowest BCUT2D eigenvalue weighted by Gasteiger charge is -2.44. The van der Waals surface area contributed by atoms with Crippen LogP contribution in [0.25, 0.3) is 0 Å². The third-order valence-electron chi connectivity index (χ3n) is 4.32. The average Bonchev–Trinajstić information content (AvgIpc) is 2.57. The van der Waals surface area contributed by atoms with Crippen molar-refractivity contribution in [3.8, 4) is 0 Å². The number of benzene rings is 2. The van der Waals surface area contributed by atoms with Crippen molar-refractivity contribution in [2.24, 2.45) is 0 Å². The normalized spacial score (nSPS) is 15.7. The van der Waals surface area contributed by atoms with Crippen molar-refractivity contribution in [2.75, 3.05) is 33.4 Å². The van der Waals surface area contributed by atoms with Crippen LogP contribution in [0.3, 0.4) is 0 Å². The van der Waals surface area contributed by atoms with Gasteiger partial charge in [0, 0.05) is 33.4 Å². The van der Waals surface area contributed by atoms with E-state index in [1.165, 1.54) is 11.1 Å². The van der Waals surface area contributed by atoms with E-state index < -0.39 is 0 Å². The zero-order valence-corrected chi connectivity index (χ0v) is 13.7. The van der Waals surface area contributed by atoms with Crippen LogP contribution in [0.4, 0.5) is 0 Å². The van der Waals surface area contributed by atoms with Crippen LogP contribution in [0.2, 0.25) is 0 Å². The van der Waals surface area contributed by atoms with Crippen molar-refractivity contribution in [3.05, 3.63) is 71.8 Å². The summed E-state index contributed by atoms with van der Waals surface area (Å²) in [5.41, 5.74) is 2.69. The van der Waals surface area contributed by atoms with Gasteiger partial charge in [0.05, 0.1) is 12.1 Å². The lowest BCUT2D eigenvalue weighted by molar-refractivity contribution is -0.0697. The summed E-state index contributed by atoms with van der Waals surface area (Å²) in [4.78, 5) is 2.49. The fourth-order valence-corrected chi connectivity index (χ4v) is 3.12. The van der Waals surface area contributed by atoms with Gasteiger partial charge in [0.25, 0.3) is 0 Å². The van der Waals surface area contributed by atoms with E-state index >= 15 is 0 Å². The van der Waals surface area contributed by atoms with Gasteiger partial charge in [-0.2, -0.15) is 0 Å². The van der Waals surface area contributed by atoms with Gasteiger partial charge >= 0.3 is 0 Å². The molecule has 2 aromatic carbocycles. The Morgan fingerprint density at radius 3 is 2.00 bits per heavy atom. The minimum Gasteiger partial charge on any atom is -0.385 e. The number of likely N-dealkylation sites (tertiary alicyclic amines) is 1. The Balaban J connectivity index is 1.63. The molecule has 1 fully saturated rings. The topological polar surface area (TPSA) is 21.7 Å². The molecule has 0 aromatic heterocycles. The number of methoxy groups -OCH3 is 1. The van der Waals surface area contributed by atoms with E-state index in [1.54, 1.807) is 7.11 Å². The second-order valence-corrected chi connectivity index (χ2v) is 6.02. The third kappa shape index (κ3) is 4.20. The lowest BCUT2D eigenvalue weighted by atomic mass is 9.94. The Kier molecular flexibility index (Phi) is 5.81. The Hall–Kier alpha value is -1.68. The first kappa shape index (κ1) is 16.2. The summed E-state index contributed by atoms with van der Waals surface area (Å²) in [6.07, 6.45) is 1.31. The monoisotopic (exact) mass is 311 g/mol. The fraction of sp³-hybridized carbons (Fsp3) is 0.400. The molecule has 0 atom stereocenters. The molecule has 0 N–H and O–H groups in total. The largest absolute Gasteiger partial charge is 0.385 e. The first-order chi connectivity index (χ1) is 11.4. The van der Waals surface area contributed by atoms with Crippen molar-refractivity contribution in [2.45, 2.75) is 18.6 Å². The highest BCUT2D eigenvalue weighted by molar-refractivity contribution is 5.32. The Morgan fingerprint density at radius 1 is 0.913 bits per heavy atom. The minimum absolute atomic E-state index is 0.316. The summed E-state index contributed by atoms with van der Waals surface area (Å²) < 4.78 is 11.0. The molecule has 2 aromatic rings. The van der Waals surface area contributed by atoms with Crippen LogP contribution in [-0.4, -0.2) is 44.4 Å². The first-order valence-electron chi connectivity index (χ1n) is 8.33. The number of hydrogen-bond acceptors (Lipinski definition) is 3. The molecule has 3 nitrogen and oxygen atoms in total. The van der Waals surface area contributed by atoms with Gasteiger partial charge in [-0.1, -0.05) is 60.7 Å². The van der Waals surface area contributed by atoms with Crippen LogP contribution in [0.5, 0.6) is 0 Å². The molecular formula is C20H25NO2. The maximum Gasteiger partial charge on any atom is 0.0829 e. The van der Waals surface area contributed by atoms with E-state index in [2.05, 4.69) is 65.6 Å². The van der Waals surface area contributed by atoms with Gasteiger partial charge in [-0.05, 0) is 17.5 Å². The van der Waals surface area contributed by atoms with Crippen molar-refractivity contribution < 1.29 is 9.47 Å². The van der Waals surface area contributed by atoms with Gasteiger partial charge in [-0.3, -0.25) is 4.90 Å². The molecule has 3 rings (SSSR count). The van der Waals surface area contributed by atoms with E-state index in [0.717, 1.165) is 32.7 Å². The fourth-order valence-electron chi connectivity index (χ4n) is 3.12. The van der Waals surface area contributed by atoms with Crippen LogP contribution in [-0.2, 0) is 9.47 Å². The van der Waals surface area contributed by atoms with Gasteiger partial charge in [0.15, 0.2) is 0 Å². The number of nitrogens with zero attached hydrogens (tertiary/aromatic N) is 1. The van der Waals surface area contributed by atoms with Gasteiger partial charge in [-0.15, -0.1) is 0 Å². The van der Waals surface area contributed by atoms with Crippen molar-refractivity contribution in [3.63, 3.8) is 0 Å². The smallest absolute Gasteiger partial charge is 0.0829 e. The van der Waals surface area contributed by atoms with Crippen molar-refractivity contribution in [1.82, 2.24) is 4.90 Å². The summed E-state index contributed by atoms with van der Waals surface area (Å²) in [5, 5.41) is 0. The summed E-state index contributed by atoms with van der Waals surface area (Å²) in [6, 6.07) is 21.8. The molecule has 1 heterocycles. The van der Waals surface area contributed by atoms with Gasteiger partial charge in [0.1, 0.15) is 0 Å². The van der Waals surface area contributed by atoms with Crippen molar-refractivity contribution >= 4 is 0 Å². The number of rotatable bonds is 8. The SMILES string of the molecule is COCCCOC1CN(C(c2ccccc2)c2ccccc2)C1. The van der Waals surface area contributed by atoms with E-state index in [4.69, 9.17) is 9.47 Å². The van der Waals surface area contributed by atoms with Gasteiger partial charge in [-0.25, -0.2) is 0 Å². The van der Waals surface area contributed by atoms with Crippen molar-refractivity contribution in [1.29, 1.82) is 0 Å². The van der Waals surface area contributed by atoms with E-state index in [0.29, 0.717) is 12.1 Å². The molecule has 1 saturated heterocycles. The van der Waals surface area contributed by atoms with E-state index in [9.17, 15) is 0 Å². The van der Waals surface area contributed by atoms with Gasteiger partial charge < -0.3 is 9.47 Å². The quantitative estimate of drug-likeness (QED) is 0.696. The standard InChI is InChI=1S/C20H25NO2/c1-22-13-8-14-23-19-15-21(16-19)20(17-9-4-2-5-10-17)18-11-6-3-7-12-18/h2-7,9-12,19-20H,8,13-16H2,1H3. The highest BCUT2D eigenvalue weighted by Crippen LogP contribution is 2.32. The third-order valence-corrected chi connectivity index (χ3v) is 4.32. The lowest BCUT2D eigenvalue weighted by Crippen LogP contribution is -2.53. The molecule has 1 aliphatic heterocycles. The van der Waals surface area contributed by atoms with Crippen LogP contribution in [0.15, 0.2) is 60.7 Å².